The highest BCUT2D eigenvalue weighted by Gasteiger charge is 2.36. The van der Waals surface area contributed by atoms with Crippen LogP contribution >= 0.6 is 0 Å². The van der Waals surface area contributed by atoms with Crippen LogP contribution < -0.4 is 0 Å². The molecule has 0 spiro atoms. The largest absolute Gasteiger partial charge is 0.450 e. The van der Waals surface area contributed by atoms with E-state index in [0.29, 0.717) is 25.4 Å². The first kappa shape index (κ1) is 13.1. The first-order chi connectivity index (χ1) is 8.74. The molecule has 1 fully saturated rings. The van der Waals surface area contributed by atoms with Crippen LogP contribution in [0.3, 0.4) is 0 Å². The molecule has 0 N–H and O–H groups in total. The van der Waals surface area contributed by atoms with Gasteiger partial charge in [0.15, 0.2) is 0 Å². The van der Waals surface area contributed by atoms with Crippen LogP contribution in [-0.4, -0.2) is 36.0 Å². The molecule has 2 aliphatic rings. The second-order valence-corrected chi connectivity index (χ2v) is 4.92. The highest BCUT2D eigenvalue weighted by Crippen LogP contribution is 2.29. The van der Waals surface area contributed by atoms with Gasteiger partial charge in [-0.1, -0.05) is 18.6 Å². The maximum atomic E-state index is 12.0. The lowest BCUT2D eigenvalue weighted by Crippen LogP contribution is -2.48. The van der Waals surface area contributed by atoms with Gasteiger partial charge < -0.3 is 9.64 Å². The number of ketones is 1. The summed E-state index contributed by atoms with van der Waals surface area (Å²) in [5.41, 5.74) is 0. The first-order valence-corrected chi connectivity index (χ1v) is 6.86. The van der Waals surface area contributed by atoms with E-state index >= 15 is 0 Å². The van der Waals surface area contributed by atoms with E-state index in [2.05, 4.69) is 6.08 Å². The van der Waals surface area contributed by atoms with Crippen molar-refractivity contribution in [3.8, 4) is 0 Å². The summed E-state index contributed by atoms with van der Waals surface area (Å²) in [6.45, 7) is 2.84. The number of Topliss-reactive ketones (excluding diaryl/α,β-unsaturated/α-hetero) is 1. The Morgan fingerprint density at radius 1 is 1.50 bits per heavy atom. The minimum atomic E-state index is -0.287. The maximum Gasteiger partial charge on any atom is 0.410 e. The third kappa shape index (κ3) is 2.74. The zero-order valence-corrected chi connectivity index (χ0v) is 10.9. The van der Waals surface area contributed by atoms with Crippen LogP contribution in [0.1, 0.15) is 39.0 Å². The smallest absolute Gasteiger partial charge is 0.410 e. The second-order valence-electron chi connectivity index (χ2n) is 4.92. The zero-order valence-electron chi connectivity index (χ0n) is 10.9. The Morgan fingerprint density at radius 3 is 3.06 bits per heavy atom. The lowest BCUT2D eigenvalue weighted by atomic mass is 9.81. The Labute approximate surface area is 108 Å². The molecule has 2 atom stereocenters. The van der Waals surface area contributed by atoms with Crippen molar-refractivity contribution in [1.82, 2.24) is 4.90 Å². The normalized spacial score (nSPS) is 28.3. The van der Waals surface area contributed by atoms with Crippen molar-refractivity contribution in [3.63, 3.8) is 0 Å². The van der Waals surface area contributed by atoms with E-state index in [1.807, 2.05) is 6.08 Å². The SMILES string of the molecule is CCOC(=O)N1CCC=CC1C1CCCCC1=O. The van der Waals surface area contributed by atoms with E-state index < -0.39 is 0 Å². The highest BCUT2D eigenvalue weighted by molar-refractivity contribution is 5.83. The summed E-state index contributed by atoms with van der Waals surface area (Å²) in [6.07, 6.45) is 8.26. The van der Waals surface area contributed by atoms with Gasteiger partial charge in [0, 0.05) is 18.9 Å². The minimum Gasteiger partial charge on any atom is -0.450 e. The summed E-state index contributed by atoms with van der Waals surface area (Å²) in [5, 5.41) is 0. The predicted octanol–water partition coefficient (Wildman–Crippen LogP) is 2.53. The molecule has 2 rings (SSSR count). The average molecular weight is 251 g/mol. The van der Waals surface area contributed by atoms with Crippen LogP contribution in [0.4, 0.5) is 4.79 Å². The molecule has 0 bridgehead atoms. The zero-order chi connectivity index (χ0) is 13.0. The number of carbonyl (C=O) groups excluding carboxylic acids is 2. The minimum absolute atomic E-state index is 0.0280. The molecule has 4 nitrogen and oxygen atoms in total. The third-order valence-electron chi connectivity index (χ3n) is 3.75. The molecule has 0 radical (unpaired) electrons. The van der Waals surface area contributed by atoms with E-state index in [-0.39, 0.29) is 18.1 Å². The molecule has 4 heteroatoms. The summed E-state index contributed by atoms with van der Waals surface area (Å²) in [6, 6.07) is -0.0920. The van der Waals surface area contributed by atoms with Gasteiger partial charge in [0.25, 0.3) is 0 Å². The Kier molecular flexibility index (Phi) is 4.39. The first-order valence-electron chi connectivity index (χ1n) is 6.86. The van der Waals surface area contributed by atoms with Crippen molar-refractivity contribution in [1.29, 1.82) is 0 Å². The Morgan fingerprint density at radius 2 is 2.33 bits per heavy atom. The van der Waals surface area contributed by atoms with Crippen LogP contribution in [0.2, 0.25) is 0 Å². The summed E-state index contributed by atoms with van der Waals surface area (Å²) in [4.78, 5) is 25.6. The number of nitrogens with zero attached hydrogens (tertiary/aromatic N) is 1. The van der Waals surface area contributed by atoms with Gasteiger partial charge in [-0.25, -0.2) is 4.79 Å². The lowest BCUT2D eigenvalue weighted by molar-refractivity contribution is -0.126. The molecule has 1 aliphatic carbocycles. The van der Waals surface area contributed by atoms with Crippen molar-refractivity contribution >= 4 is 11.9 Å². The van der Waals surface area contributed by atoms with E-state index in [9.17, 15) is 9.59 Å². The Bertz CT molecular complexity index is 351. The Hall–Kier alpha value is -1.32. The number of hydrogen-bond acceptors (Lipinski definition) is 3. The van der Waals surface area contributed by atoms with Gasteiger partial charge in [-0.15, -0.1) is 0 Å². The molecule has 18 heavy (non-hydrogen) atoms. The summed E-state index contributed by atoms with van der Waals surface area (Å²) in [7, 11) is 0. The van der Waals surface area contributed by atoms with Crippen molar-refractivity contribution in [3.05, 3.63) is 12.2 Å². The number of rotatable bonds is 2. The van der Waals surface area contributed by atoms with E-state index in [1.165, 1.54) is 0 Å². The lowest BCUT2D eigenvalue weighted by Gasteiger charge is -2.37. The van der Waals surface area contributed by atoms with E-state index in [4.69, 9.17) is 4.74 Å². The molecule has 1 amide bonds. The van der Waals surface area contributed by atoms with Crippen LogP contribution in [-0.2, 0) is 9.53 Å². The topological polar surface area (TPSA) is 46.6 Å². The molecule has 0 aromatic carbocycles. The van der Waals surface area contributed by atoms with Gasteiger partial charge in [-0.05, 0) is 26.2 Å². The molecule has 0 saturated heterocycles. The molecule has 1 aliphatic heterocycles. The molecule has 0 aromatic rings. The summed E-state index contributed by atoms with van der Waals surface area (Å²) >= 11 is 0. The number of amides is 1. The molecule has 1 heterocycles. The highest BCUT2D eigenvalue weighted by atomic mass is 16.6. The van der Waals surface area contributed by atoms with Gasteiger partial charge >= 0.3 is 6.09 Å². The van der Waals surface area contributed by atoms with Gasteiger partial charge in [0.1, 0.15) is 5.78 Å². The number of carbonyl (C=O) groups is 2. The number of ether oxygens (including phenoxy) is 1. The molecule has 1 saturated carbocycles. The van der Waals surface area contributed by atoms with Crippen molar-refractivity contribution in [2.24, 2.45) is 5.92 Å². The van der Waals surface area contributed by atoms with Crippen molar-refractivity contribution < 1.29 is 14.3 Å². The van der Waals surface area contributed by atoms with Crippen molar-refractivity contribution in [2.75, 3.05) is 13.2 Å². The van der Waals surface area contributed by atoms with E-state index in [1.54, 1.807) is 11.8 Å². The van der Waals surface area contributed by atoms with Gasteiger partial charge in [0.05, 0.1) is 12.6 Å². The number of hydrogen-bond donors (Lipinski definition) is 0. The maximum absolute atomic E-state index is 12.0. The quantitative estimate of drug-likeness (QED) is 0.708. The van der Waals surface area contributed by atoms with Gasteiger partial charge in [-0.2, -0.15) is 0 Å². The van der Waals surface area contributed by atoms with Crippen LogP contribution in [0, 0.1) is 5.92 Å². The predicted molar refractivity (Wildman–Crippen MR) is 68.2 cm³/mol. The van der Waals surface area contributed by atoms with Crippen molar-refractivity contribution in [2.45, 2.75) is 45.1 Å². The fourth-order valence-electron chi connectivity index (χ4n) is 2.84. The van der Waals surface area contributed by atoms with Gasteiger partial charge in [0.2, 0.25) is 0 Å². The Balaban J connectivity index is 2.11. The molecule has 2 unspecified atom stereocenters. The second kappa shape index (κ2) is 6.03. The monoisotopic (exact) mass is 251 g/mol. The third-order valence-corrected chi connectivity index (χ3v) is 3.75. The molecular formula is C14H21NO3. The average Bonchev–Trinajstić information content (AvgIpc) is 2.40. The van der Waals surface area contributed by atoms with Crippen LogP contribution in [0.5, 0.6) is 0 Å². The summed E-state index contributed by atoms with van der Waals surface area (Å²) in [5.74, 6) is 0.270. The van der Waals surface area contributed by atoms with Crippen LogP contribution in [0.15, 0.2) is 12.2 Å². The van der Waals surface area contributed by atoms with Gasteiger partial charge in [-0.3, -0.25) is 4.79 Å². The molecule has 100 valence electrons. The van der Waals surface area contributed by atoms with Crippen LogP contribution in [0.25, 0.3) is 0 Å². The summed E-state index contributed by atoms with van der Waals surface area (Å²) < 4.78 is 5.08. The molecule has 0 aromatic heterocycles. The molecular weight excluding hydrogens is 230 g/mol. The standard InChI is InChI=1S/C14H21NO3/c1-2-18-14(17)15-10-6-5-8-12(15)11-7-3-4-9-13(11)16/h5,8,11-12H,2-4,6-7,9-10H2,1H3. The fraction of sp³-hybridized carbons (Fsp3) is 0.714. The fourth-order valence-corrected chi connectivity index (χ4v) is 2.84. The van der Waals surface area contributed by atoms with E-state index in [0.717, 1.165) is 25.7 Å².